The van der Waals surface area contributed by atoms with Crippen LogP contribution in [0.4, 0.5) is 0 Å². The van der Waals surface area contributed by atoms with Crippen LogP contribution in [-0.2, 0) is 24.0 Å². The molecule has 2 unspecified atom stereocenters. The van der Waals surface area contributed by atoms with Gasteiger partial charge in [-0.05, 0) is 0 Å². The first-order chi connectivity index (χ1) is 8.59. The Kier molecular flexibility index (Phi) is 5.45. The molecule has 0 fully saturated rings. The summed E-state index contributed by atoms with van der Waals surface area (Å²) in [6.07, 6.45) is -1.21. The second-order valence-corrected chi connectivity index (χ2v) is 3.56. The summed E-state index contributed by atoms with van der Waals surface area (Å²) in [5, 5.41) is 43.3. The Morgan fingerprint density at radius 2 is 1.11 bits per heavy atom. The minimum Gasteiger partial charge on any atom is -0.481 e. The number of rotatable bonds is 8. The van der Waals surface area contributed by atoms with Gasteiger partial charge in [-0.2, -0.15) is 0 Å². The molecule has 5 N–H and O–H groups in total. The van der Waals surface area contributed by atoms with E-state index in [9.17, 15) is 24.0 Å². The predicted molar refractivity (Wildman–Crippen MR) is 53.3 cm³/mol. The molecule has 0 radical (unpaired) electrons. The van der Waals surface area contributed by atoms with E-state index in [0.29, 0.717) is 0 Å². The van der Waals surface area contributed by atoms with Crippen LogP contribution in [0, 0.1) is 17.8 Å². The van der Waals surface area contributed by atoms with Crippen molar-refractivity contribution >= 4 is 29.8 Å². The van der Waals surface area contributed by atoms with E-state index < -0.39 is 54.0 Å². The van der Waals surface area contributed by atoms with Crippen molar-refractivity contribution in [3.63, 3.8) is 0 Å². The van der Waals surface area contributed by atoms with Gasteiger partial charge in [0.2, 0.25) is 0 Å². The van der Waals surface area contributed by atoms with E-state index in [1.54, 1.807) is 0 Å². The van der Waals surface area contributed by atoms with Crippen LogP contribution < -0.4 is 0 Å². The topological polar surface area (TPSA) is 186 Å². The highest BCUT2D eigenvalue weighted by molar-refractivity contribution is 5.99. The quantitative estimate of drug-likeness (QED) is 0.332. The van der Waals surface area contributed by atoms with Crippen molar-refractivity contribution < 1.29 is 49.5 Å². The van der Waals surface area contributed by atoms with E-state index >= 15 is 0 Å². The van der Waals surface area contributed by atoms with Gasteiger partial charge in [0.15, 0.2) is 5.92 Å². The van der Waals surface area contributed by atoms with E-state index in [0.717, 1.165) is 0 Å². The van der Waals surface area contributed by atoms with Gasteiger partial charge in [0, 0.05) is 0 Å². The highest BCUT2D eigenvalue weighted by Gasteiger charge is 2.47. The third-order valence-electron chi connectivity index (χ3n) is 2.32. The van der Waals surface area contributed by atoms with Gasteiger partial charge in [-0.1, -0.05) is 0 Å². The molecule has 106 valence electrons. The molecular formula is C9H10O10. The van der Waals surface area contributed by atoms with Crippen molar-refractivity contribution in [1.29, 1.82) is 0 Å². The van der Waals surface area contributed by atoms with Gasteiger partial charge in [-0.15, -0.1) is 0 Å². The number of hydrogen-bond donors (Lipinski definition) is 5. The molecule has 0 aliphatic heterocycles. The molecule has 10 nitrogen and oxygen atoms in total. The Balaban J connectivity index is 5.65. The van der Waals surface area contributed by atoms with Crippen LogP contribution in [0.25, 0.3) is 0 Å². The molecular weight excluding hydrogens is 268 g/mol. The molecule has 0 aliphatic rings. The zero-order chi connectivity index (χ0) is 15.3. The zero-order valence-electron chi connectivity index (χ0n) is 9.22. The Morgan fingerprint density at radius 3 is 1.32 bits per heavy atom. The first-order valence-electron chi connectivity index (χ1n) is 4.72. The number of aliphatic carboxylic acids is 5. The maximum absolute atomic E-state index is 10.9. The normalized spacial score (nSPS) is 13.5. The van der Waals surface area contributed by atoms with E-state index in [4.69, 9.17) is 25.5 Å². The van der Waals surface area contributed by atoms with E-state index in [-0.39, 0.29) is 0 Å². The lowest BCUT2D eigenvalue weighted by Crippen LogP contribution is -2.43. The van der Waals surface area contributed by atoms with Crippen LogP contribution in [0.2, 0.25) is 0 Å². The maximum Gasteiger partial charge on any atom is 0.318 e. The summed E-state index contributed by atoms with van der Waals surface area (Å²) in [5.41, 5.74) is 0. The van der Waals surface area contributed by atoms with Gasteiger partial charge in [0.25, 0.3) is 0 Å². The Labute approximate surface area is 104 Å². The Hall–Kier alpha value is -2.65. The molecule has 19 heavy (non-hydrogen) atoms. The maximum atomic E-state index is 10.9. The largest absolute Gasteiger partial charge is 0.481 e. The average Bonchev–Trinajstić information content (AvgIpc) is 2.20. The van der Waals surface area contributed by atoms with Crippen LogP contribution >= 0.6 is 0 Å². The molecule has 0 rings (SSSR count). The molecule has 0 saturated carbocycles. The highest BCUT2D eigenvalue weighted by atomic mass is 16.4. The molecule has 0 heterocycles. The third-order valence-corrected chi connectivity index (χ3v) is 2.32. The van der Waals surface area contributed by atoms with Crippen LogP contribution in [0.1, 0.15) is 6.42 Å². The molecule has 2 atom stereocenters. The van der Waals surface area contributed by atoms with Crippen molar-refractivity contribution in [2.75, 3.05) is 0 Å². The van der Waals surface area contributed by atoms with Gasteiger partial charge < -0.3 is 25.5 Å². The molecule has 0 aromatic heterocycles. The molecule has 0 saturated heterocycles. The first kappa shape index (κ1) is 16.4. The summed E-state index contributed by atoms with van der Waals surface area (Å²) in [7, 11) is 0. The standard InChI is InChI=1S/C9H10O10/c10-3(11)1-2(6(12)13)4(7(14)15)5(8(16)17)9(18)19/h2,4-5H,1H2,(H,10,11)(H,12,13)(H,14,15)(H,16,17)(H,18,19). The fourth-order valence-electron chi connectivity index (χ4n) is 1.52. The lowest BCUT2D eigenvalue weighted by Gasteiger charge is -2.22. The summed E-state index contributed by atoms with van der Waals surface area (Å²) in [6, 6.07) is 0. The minimum atomic E-state index is -2.56. The monoisotopic (exact) mass is 278 g/mol. The Bertz CT molecular complexity index is 411. The van der Waals surface area contributed by atoms with E-state index in [1.807, 2.05) is 0 Å². The van der Waals surface area contributed by atoms with Gasteiger partial charge in [-0.25, -0.2) is 0 Å². The smallest absolute Gasteiger partial charge is 0.318 e. The molecule has 10 heteroatoms. The third kappa shape index (κ3) is 4.26. The van der Waals surface area contributed by atoms with Gasteiger partial charge >= 0.3 is 29.8 Å². The fourth-order valence-corrected chi connectivity index (χ4v) is 1.52. The fraction of sp³-hybridized carbons (Fsp3) is 0.444. The predicted octanol–water partition coefficient (Wildman–Crippen LogP) is -1.35. The number of carboxylic acids is 5. The summed E-state index contributed by atoms with van der Waals surface area (Å²) in [4.78, 5) is 53.6. The molecule has 0 aromatic rings. The van der Waals surface area contributed by atoms with Crippen molar-refractivity contribution in [1.82, 2.24) is 0 Å². The SMILES string of the molecule is O=C(O)CC(C(=O)O)C(C(=O)O)C(C(=O)O)C(=O)O. The lowest BCUT2D eigenvalue weighted by atomic mass is 9.79. The molecule has 0 spiro atoms. The summed E-state index contributed by atoms with van der Waals surface area (Å²) < 4.78 is 0. The lowest BCUT2D eigenvalue weighted by molar-refractivity contribution is -0.170. The van der Waals surface area contributed by atoms with Crippen LogP contribution in [0.3, 0.4) is 0 Å². The second kappa shape index (κ2) is 6.33. The molecule has 0 aliphatic carbocycles. The number of carbonyl (C=O) groups is 5. The van der Waals surface area contributed by atoms with Crippen LogP contribution in [0.5, 0.6) is 0 Å². The van der Waals surface area contributed by atoms with Gasteiger partial charge in [0.05, 0.1) is 18.3 Å². The van der Waals surface area contributed by atoms with Crippen LogP contribution in [0.15, 0.2) is 0 Å². The molecule has 0 bridgehead atoms. The van der Waals surface area contributed by atoms with Crippen LogP contribution in [-0.4, -0.2) is 55.4 Å². The van der Waals surface area contributed by atoms with E-state index in [1.165, 1.54) is 0 Å². The molecule has 0 aromatic carbocycles. The van der Waals surface area contributed by atoms with Gasteiger partial charge in [-0.3, -0.25) is 24.0 Å². The summed E-state index contributed by atoms with van der Waals surface area (Å²) >= 11 is 0. The minimum absolute atomic E-state index is 1.21. The average molecular weight is 278 g/mol. The number of hydrogen-bond acceptors (Lipinski definition) is 5. The van der Waals surface area contributed by atoms with Crippen molar-refractivity contribution in [2.24, 2.45) is 17.8 Å². The van der Waals surface area contributed by atoms with E-state index in [2.05, 4.69) is 0 Å². The van der Waals surface area contributed by atoms with Crippen molar-refractivity contribution in [2.45, 2.75) is 6.42 Å². The van der Waals surface area contributed by atoms with Crippen molar-refractivity contribution in [3.05, 3.63) is 0 Å². The zero-order valence-corrected chi connectivity index (χ0v) is 9.22. The highest BCUT2D eigenvalue weighted by Crippen LogP contribution is 2.26. The summed E-state index contributed by atoms with van der Waals surface area (Å²) in [5.74, 6) is -16.8. The van der Waals surface area contributed by atoms with Crippen molar-refractivity contribution in [3.8, 4) is 0 Å². The Morgan fingerprint density at radius 1 is 0.684 bits per heavy atom. The summed E-state index contributed by atoms with van der Waals surface area (Å²) in [6.45, 7) is 0. The molecule has 0 amide bonds. The first-order valence-corrected chi connectivity index (χ1v) is 4.72. The second-order valence-electron chi connectivity index (χ2n) is 3.56. The number of carboxylic acid groups (broad SMARTS) is 5. The van der Waals surface area contributed by atoms with Gasteiger partial charge in [0.1, 0.15) is 0 Å².